The molecule has 2 amide bonds. The van der Waals surface area contributed by atoms with E-state index < -0.39 is 0 Å². The van der Waals surface area contributed by atoms with Gasteiger partial charge in [0.05, 0.1) is 12.8 Å². The maximum Gasteiger partial charge on any atom is 0.251 e. The number of hydrogen-bond acceptors (Lipinski definition) is 4. The first kappa shape index (κ1) is 18.9. The number of benzene rings is 1. The Kier molecular flexibility index (Phi) is 6.44. The lowest BCUT2D eigenvalue weighted by Gasteiger charge is -2.22. The molecule has 27 heavy (non-hydrogen) atoms. The van der Waals surface area contributed by atoms with Crippen molar-refractivity contribution < 1.29 is 14.0 Å². The van der Waals surface area contributed by atoms with Gasteiger partial charge in [0.25, 0.3) is 5.91 Å². The van der Waals surface area contributed by atoms with Gasteiger partial charge in [-0.3, -0.25) is 9.59 Å². The number of nitrogens with one attached hydrogen (secondary N) is 1. The van der Waals surface area contributed by atoms with Gasteiger partial charge in [0, 0.05) is 25.6 Å². The second-order valence-corrected chi connectivity index (χ2v) is 7.02. The molecule has 1 N–H and O–H groups in total. The normalized spacial score (nSPS) is 10.6. The lowest BCUT2D eigenvalue weighted by molar-refractivity contribution is -0.132. The third-order valence-electron chi connectivity index (χ3n) is 4.30. The summed E-state index contributed by atoms with van der Waals surface area (Å²) in [5.74, 6) is 0.703. The Bertz CT molecular complexity index is 855. The number of rotatable bonds is 8. The molecule has 6 heteroatoms. The second kappa shape index (κ2) is 9.19. The molecular formula is C21H22N2O3S. The minimum Gasteiger partial charge on any atom is -0.467 e. The van der Waals surface area contributed by atoms with Crippen LogP contribution < -0.4 is 5.32 Å². The van der Waals surface area contributed by atoms with Crippen molar-refractivity contribution in [2.45, 2.75) is 25.9 Å². The van der Waals surface area contributed by atoms with Gasteiger partial charge < -0.3 is 14.6 Å². The fraction of sp³-hybridized carbons (Fsp3) is 0.238. The topological polar surface area (TPSA) is 62.6 Å². The summed E-state index contributed by atoms with van der Waals surface area (Å²) in [4.78, 5) is 26.3. The number of nitrogens with zero attached hydrogens (tertiary/aromatic N) is 1. The van der Waals surface area contributed by atoms with Gasteiger partial charge in [-0.1, -0.05) is 12.1 Å². The summed E-state index contributed by atoms with van der Waals surface area (Å²) in [6, 6.07) is 13.0. The van der Waals surface area contributed by atoms with Crippen molar-refractivity contribution in [3.05, 3.63) is 81.9 Å². The minimum atomic E-state index is -0.124. The van der Waals surface area contributed by atoms with E-state index >= 15 is 0 Å². The first-order valence-corrected chi connectivity index (χ1v) is 9.72. The van der Waals surface area contributed by atoms with E-state index in [4.69, 9.17) is 4.42 Å². The minimum absolute atomic E-state index is 0.0768. The molecule has 2 heterocycles. The van der Waals surface area contributed by atoms with E-state index in [9.17, 15) is 9.59 Å². The Hall–Kier alpha value is -2.86. The molecule has 0 aliphatic rings. The number of carbonyl (C=O) groups excluding carboxylic acids is 2. The molecule has 0 aliphatic carbocycles. The molecular weight excluding hydrogens is 360 g/mol. The van der Waals surface area contributed by atoms with Gasteiger partial charge >= 0.3 is 0 Å². The van der Waals surface area contributed by atoms with E-state index in [-0.39, 0.29) is 11.8 Å². The zero-order valence-electron chi connectivity index (χ0n) is 15.2. The number of amides is 2. The molecule has 0 spiro atoms. The van der Waals surface area contributed by atoms with Crippen LogP contribution in [0.25, 0.3) is 0 Å². The third kappa shape index (κ3) is 5.31. The van der Waals surface area contributed by atoms with Crippen LogP contribution in [0.3, 0.4) is 0 Å². The first-order chi connectivity index (χ1) is 13.2. The number of hydrogen-bond donors (Lipinski definition) is 1. The molecule has 0 saturated carbocycles. The number of furan rings is 1. The zero-order chi connectivity index (χ0) is 19.1. The molecule has 140 valence electrons. The van der Waals surface area contributed by atoms with Gasteiger partial charge in [0.15, 0.2) is 0 Å². The number of carbonyl (C=O) groups is 2. The van der Waals surface area contributed by atoms with E-state index in [1.807, 2.05) is 35.7 Å². The summed E-state index contributed by atoms with van der Waals surface area (Å²) in [7, 11) is 1.60. The molecule has 0 aliphatic heterocycles. The van der Waals surface area contributed by atoms with Crippen LogP contribution in [0.15, 0.2) is 63.9 Å². The van der Waals surface area contributed by atoms with Crippen molar-refractivity contribution in [2.24, 2.45) is 0 Å². The Morgan fingerprint density at radius 2 is 1.89 bits per heavy atom. The molecule has 0 atom stereocenters. The summed E-state index contributed by atoms with van der Waals surface area (Å²) in [5.41, 5.74) is 2.75. The van der Waals surface area contributed by atoms with Crippen LogP contribution in [0.5, 0.6) is 0 Å². The Labute approximate surface area is 162 Å². The quantitative estimate of drug-likeness (QED) is 0.643. The van der Waals surface area contributed by atoms with E-state index in [0.717, 1.165) is 17.7 Å². The van der Waals surface area contributed by atoms with Crippen molar-refractivity contribution in [3.8, 4) is 0 Å². The van der Waals surface area contributed by atoms with E-state index in [0.29, 0.717) is 25.1 Å². The van der Waals surface area contributed by atoms with Gasteiger partial charge in [-0.05, 0) is 58.6 Å². The maximum absolute atomic E-state index is 12.8. The molecule has 0 saturated heterocycles. The van der Waals surface area contributed by atoms with E-state index in [1.54, 1.807) is 41.7 Å². The number of thiophene rings is 1. The standard InChI is InChI=1S/C21H22N2O3S/c1-22-21(25)18-7-4-16(5-8-18)13-23(14-19-3-2-11-26-19)20(24)9-6-17-10-12-27-15-17/h2-5,7-8,10-12,15H,6,9,13-14H2,1H3,(H,22,25). The lowest BCUT2D eigenvalue weighted by Crippen LogP contribution is -2.30. The smallest absolute Gasteiger partial charge is 0.251 e. The largest absolute Gasteiger partial charge is 0.467 e. The van der Waals surface area contributed by atoms with Crippen molar-refractivity contribution in [2.75, 3.05) is 7.05 Å². The molecule has 0 radical (unpaired) electrons. The van der Waals surface area contributed by atoms with Crippen LogP contribution >= 0.6 is 11.3 Å². The summed E-state index contributed by atoms with van der Waals surface area (Å²) in [6.07, 6.45) is 2.79. The third-order valence-corrected chi connectivity index (χ3v) is 5.04. The highest BCUT2D eigenvalue weighted by Crippen LogP contribution is 2.15. The fourth-order valence-corrected chi connectivity index (χ4v) is 3.50. The Morgan fingerprint density at radius 3 is 2.52 bits per heavy atom. The number of aryl methyl sites for hydroxylation is 1. The van der Waals surface area contributed by atoms with Crippen molar-refractivity contribution in [3.63, 3.8) is 0 Å². The Morgan fingerprint density at radius 1 is 1.07 bits per heavy atom. The van der Waals surface area contributed by atoms with Gasteiger partial charge in [-0.25, -0.2) is 0 Å². The molecule has 2 aromatic heterocycles. The maximum atomic E-state index is 12.8. The highest BCUT2D eigenvalue weighted by atomic mass is 32.1. The van der Waals surface area contributed by atoms with Crippen LogP contribution in [-0.2, 0) is 24.3 Å². The SMILES string of the molecule is CNC(=O)c1ccc(CN(Cc2ccco2)C(=O)CCc2ccsc2)cc1. The van der Waals surface area contributed by atoms with Crippen LogP contribution in [0.1, 0.15) is 33.7 Å². The second-order valence-electron chi connectivity index (χ2n) is 6.24. The molecule has 1 aromatic carbocycles. The van der Waals surface area contributed by atoms with Gasteiger partial charge in [-0.15, -0.1) is 0 Å². The summed E-state index contributed by atoms with van der Waals surface area (Å²) in [5, 5.41) is 6.70. The van der Waals surface area contributed by atoms with Crippen molar-refractivity contribution >= 4 is 23.2 Å². The summed E-state index contributed by atoms with van der Waals surface area (Å²) >= 11 is 1.64. The molecule has 3 rings (SSSR count). The summed E-state index contributed by atoms with van der Waals surface area (Å²) in [6.45, 7) is 0.893. The monoisotopic (exact) mass is 382 g/mol. The summed E-state index contributed by atoms with van der Waals surface area (Å²) < 4.78 is 5.42. The van der Waals surface area contributed by atoms with E-state index in [2.05, 4.69) is 10.7 Å². The molecule has 3 aromatic rings. The van der Waals surface area contributed by atoms with Gasteiger partial charge in [0.2, 0.25) is 5.91 Å². The molecule has 0 fully saturated rings. The van der Waals surface area contributed by atoms with E-state index in [1.165, 1.54) is 5.56 Å². The predicted octanol–water partition coefficient (Wildman–Crippen LogP) is 3.86. The van der Waals surface area contributed by atoms with Crippen LogP contribution in [-0.4, -0.2) is 23.8 Å². The van der Waals surface area contributed by atoms with Crippen molar-refractivity contribution in [1.82, 2.24) is 10.2 Å². The predicted molar refractivity (Wildman–Crippen MR) is 105 cm³/mol. The van der Waals surface area contributed by atoms with Crippen LogP contribution in [0.2, 0.25) is 0 Å². The van der Waals surface area contributed by atoms with Crippen LogP contribution in [0.4, 0.5) is 0 Å². The first-order valence-electron chi connectivity index (χ1n) is 8.78. The van der Waals surface area contributed by atoms with Crippen LogP contribution in [0, 0.1) is 0 Å². The van der Waals surface area contributed by atoms with Gasteiger partial charge in [-0.2, -0.15) is 11.3 Å². The average molecular weight is 382 g/mol. The Balaban J connectivity index is 1.69. The zero-order valence-corrected chi connectivity index (χ0v) is 16.0. The fourth-order valence-electron chi connectivity index (χ4n) is 2.79. The molecule has 0 unspecified atom stereocenters. The highest BCUT2D eigenvalue weighted by Gasteiger charge is 2.16. The lowest BCUT2D eigenvalue weighted by atomic mass is 10.1. The van der Waals surface area contributed by atoms with Gasteiger partial charge in [0.1, 0.15) is 5.76 Å². The van der Waals surface area contributed by atoms with Crippen molar-refractivity contribution in [1.29, 1.82) is 0 Å². The molecule has 0 bridgehead atoms. The average Bonchev–Trinajstić information content (AvgIpc) is 3.39. The molecule has 5 nitrogen and oxygen atoms in total. The highest BCUT2D eigenvalue weighted by molar-refractivity contribution is 7.07.